The van der Waals surface area contributed by atoms with Crippen molar-refractivity contribution in [3.8, 4) is 0 Å². The molecular formula is C17H33ClO. The molecule has 1 nitrogen and oxygen atoms in total. The normalized spacial score (nSPS) is 23.1. The Morgan fingerprint density at radius 2 is 1.47 bits per heavy atom. The summed E-state index contributed by atoms with van der Waals surface area (Å²) in [4.78, 5) is 0. The molecule has 1 fully saturated rings. The number of rotatable bonds is 12. The van der Waals surface area contributed by atoms with E-state index in [1.807, 2.05) is 0 Å². The molecule has 0 N–H and O–H groups in total. The molecule has 0 bridgehead atoms. The van der Waals surface area contributed by atoms with Crippen molar-refractivity contribution < 1.29 is 4.74 Å². The van der Waals surface area contributed by atoms with Gasteiger partial charge in [0.1, 0.15) is 0 Å². The molecule has 1 rings (SSSR count). The van der Waals surface area contributed by atoms with Gasteiger partial charge < -0.3 is 4.74 Å². The first-order valence-electron chi connectivity index (χ1n) is 8.47. The summed E-state index contributed by atoms with van der Waals surface area (Å²) in [5.74, 6) is 0.782. The van der Waals surface area contributed by atoms with Gasteiger partial charge in [-0.2, -0.15) is 0 Å². The van der Waals surface area contributed by atoms with Crippen LogP contribution in [0, 0.1) is 5.41 Å². The van der Waals surface area contributed by atoms with Gasteiger partial charge in [-0.05, 0) is 12.8 Å². The van der Waals surface area contributed by atoms with E-state index in [2.05, 4.69) is 6.92 Å². The van der Waals surface area contributed by atoms with Gasteiger partial charge in [0.05, 0.1) is 6.61 Å². The van der Waals surface area contributed by atoms with E-state index >= 15 is 0 Å². The average Bonchev–Trinajstić information content (AvgIpc) is 2.90. The maximum atomic E-state index is 6.11. The van der Waals surface area contributed by atoms with E-state index < -0.39 is 0 Å². The highest BCUT2D eigenvalue weighted by atomic mass is 35.5. The minimum absolute atomic E-state index is 0.321. The predicted molar refractivity (Wildman–Crippen MR) is 85.1 cm³/mol. The number of ether oxygens (including phenoxy) is 1. The van der Waals surface area contributed by atoms with Crippen LogP contribution in [0.15, 0.2) is 0 Å². The van der Waals surface area contributed by atoms with E-state index in [9.17, 15) is 0 Å². The summed E-state index contributed by atoms with van der Waals surface area (Å²) >= 11 is 6.11. The van der Waals surface area contributed by atoms with E-state index in [1.165, 1.54) is 77.0 Å². The van der Waals surface area contributed by atoms with Crippen LogP contribution in [0.5, 0.6) is 0 Å². The molecule has 1 unspecified atom stereocenters. The molecule has 1 atom stereocenters. The number of hydrogen-bond acceptors (Lipinski definition) is 1. The number of unbranched alkanes of at least 4 members (excludes halogenated alkanes) is 9. The third-order valence-electron chi connectivity index (χ3n) is 4.53. The standard InChI is InChI=1S/C17H33ClO/c1-2-3-4-5-6-7-8-9-10-11-12-17(15-18)13-14-19-16-17/h2-16H2,1H3. The third kappa shape index (κ3) is 7.56. The van der Waals surface area contributed by atoms with Crippen molar-refractivity contribution in [2.45, 2.75) is 84.0 Å². The Kier molecular flexibility index (Phi) is 9.99. The molecule has 0 aromatic rings. The van der Waals surface area contributed by atoms with Gasteiger partial charge in [-0.1, -0.05) is 71.1 Å². The SMILES string of the molecule is CCCCCCCCCCCCC1(CCl)CCOC1. The minimum Gasteiger partial charge on any atom is -0.381 e. The van der Waals surface area contributed by atoms with E-state index in [0.29, 0.717) is 5.41 Å². The van der Waals surface area contributed by atoms with Crippen molar-refractivity contribution in [1.29, 1.82) is 0 Å². The van der Waals surface area contributed by atoms with E-state index in [-0.39, 0.29) is 0 Å². The maximum Gasteiger partial charge on any atom is 0.0534 e. The van der Waals surface area contributed by atoms with Crippen molar-refractivity contribution in [3.05, 3.63) is 0 Å². The zero-order chi connectivity index (χ0) is 13.8. The van der Waals surface area contributed by atoms with Crippen molar-refractivity contribution in [3.63, 3.8) is 0 Å². The number of alkyl halides is 1. The molecule has 0 amide bonds. The van der Waals surface area contributed by atoms with Crippen LogP contribution in [0.25, 0.3) is 0 Å². The van der Waals surface area contributed by atoms with Crippen molar-refractivity contribution in [2.75, 3.05) is 19.1 Å². The molecular weight excluding hydrogens is 256 g/mol. The Balaban J connectivity index is 1.85. The van der Waals surface area contributed by atoms with Gasteiger partial charge in [0.2, 0.25) is 0 Å². The lowest BCUT2D eigenvalue weighted by Gasteiger charge is -2.24. The zero-order valence-electron chi connectivity index (χ0n) is 12.9. The summed E-state index contributed by atoms with van der Waals surface area (Å²) in [6.45, 7) is 4.10. The fourth-order valence-electron chi connectivity index (χ4n) is 3.01. The molecule has 2 heteroatoms. The highest BCUT2D eigenvalue weighted by Crippen LogP contribution is 2.35. The van der Waals surface area contributed by atoms with E-state index in [1.54, 1.807) is 0 Å². The van der Waals surface area contributed by atoms with Crippen molar-refractivity contribution in [2.24, 2.45) is 5.41 Å². The molecule has 0 spiro atoms. The Morgan fingerprint density at radius 1 is 0.895 bits per heavy atom. The van der Waals surface area contributed by atoms with Crippen LogP contribution in [0.2, 0.25) is 0 Å². The molecule has 0 radical (unpaired) electrons. The van der Waals surface area contributed by atoms with Crippen molar-refractivity contribution in [1.82, 2.24) is 0 Å². The van der Waals surface area contributed by atoms with Crippen LogP contribution < -0.4 is 0 Å². The second-order valence-corrected chi connectivity index (χ2v) is 6.64. The topological polar surface area (TPSA) is 9.23 Å². The van der Waals surface area contributed by atoms with Gasteiger partial charge >= 0.3 is 0 Å². The first-order valence-corrected chi connectivity index (χ1v) is 9.00. The molecule has 1 saturated heterocycles. The lowest BCUT2D eigenvalue weighted by molar-refractivity contribution is 0.155. The molecule has 114 valence electrons. The molecule has 0 aliphatic carbocycles. The predicted octanol–water partition coefficient (Wildman–Crippen LogP) is 5.94. The zero-order valence-corrected chi connectivity index (χ0v) is 13.6. The van der Waals surface area contributed by atoms with E-state index in [0.717, 1.165) is 19.1 Å². The lowest BCUT2D eigenvalue weighted by Crippen LogP contribution is -2.22. The monoisotopic (exact) mass is 288 g/mol. The molecule has 1 aliphatic rings. The quantitative estimate of drug-likeness (QED) is 0.319. The van der Waals surface area contributed by atoms with Crippen LogP contribution in [-0.2, 0) is 4.74 Å². The third-order valence-corrected chi connectivity index (χ3v) is 5.10. The van der Waals surface area contributed by atoms with Gasteiger partial charge in [-0.25, -0.2) is 0 Å². The summed E-state index contributed by atoms with van der Waals surface area (Å²) < 4.78 is 5.51. The van der Waals surface area contributed by atoms with E-state index in [4.69, 9.17) is 16.3 Å². The van der Waals surface area contributed by atoms with Gasteiger partial charge in [-0.3, -0.25) is 0 Å². The van der Waals surface area contributed by atoms with Crippen molar-refractivity contribution >= 4 is 11.6 Å². The molecule has 0 aromatic carbocycles. The summed E-state index contributed by atoms with van der Waals surface area (Å²) in [5, 5.41) is 0. The van der Waals surface area contributed by atoms with Crippen LogP contribution in [0.1, 0.15) is 84.0 Å². The molecule has 1 aliphatic heterocycles. The highest BCUT2D eigenvalue weighted by molar-refractivity contribution is 6.18. The first-order chi connectivity index (χ1) is 9.33. The summed E-state index contributed by atoms with van der Waals surface area (Å²) in [5.41, 5.74) is 0.321. The van der Waals surface area contributed by atoms with Crippen LogP contribution in [0.4, 0.5) is 0 Å². The summed E-state index contributed by atoms with van der Waals surface area (Å²) in [6, 6.07) is 0. The summed E-state index contributed by atoms with van der Waals surface area (Å²) in [6.07, 6.45) is 16.5. The minimum atomic E-state index is 0.321. The van der Waals surface area contributed by atoms with Crippen LogP contribution in [-0.4, -0.2) is 19.1 Å². The second-order valence-electron chi connectivity index (χ2n) is 6.37. The Bertz CT molecular complexity index is 199. The van der Waals surface area contributed by atoms with Crippen LogP contribution in [0.3, 0.4) is 0 Å². The largest absolute Gasteiger partial charge is 0.381 e. The fourth-order valence-corrected chi connectivity index (χ4v) is 3.35. The average molecular weight is 289 g/mol. The lowest BCUT2D eigenvalue weighted by atomic mass is 9.84. The van der Waals surface area contributed by atoms with Gasteiger partial charge in [0.25, 0.3) is 0 Å². The highest BCUT2D eigenvalue weighted by Gasteiger charge is 2.33. The first kappa shape index (κ1) is 17.3. The second kappa shape index (κ2) is 11.0. The summed E-state index contributed by atoms with van der Waals surface area (Å²) in [7, 11) is 0. The molecule has 0 aromatic heterocycles. The van der Waals surface area contributed by atoms with Gasteiger partial charge in [0, 0.05) is 17.9 Å². The van der Waals surface area contributed by atoms with Crippen LogP contribution >= 0.6 is 11.6 Å². The molecule has 0 saturated carbocycles. The molecule has 1 heterocycles. The Labute approximate surface area is 125 Å². The van der Waals surface area contributed by atoms with Gasteiger partial charge in [-0.15, -0.1) is 11.6 Å². The fraction of sp³-hybridized carbons (Fsp3) is 1.00. The Hall–Kier alpha value is 0.250. The molecule has 19 heavy (non-hydrogen) atoms. The number of halogens is 1. The maximum absolute atomic E-state index is 6.11. The van der Waals surface area contributed by atoms with Gasteiger partial charge in [0.15, 0.2) is 0 Å². The number of hydrogen-bond donors (Lipinski definition) is 0. The Morgan fingerprint density at radius 3 is 1.95 bits per heavy atom. The smallest absolute Gasteiger partial charge is 0.0534 e.